The molecule has 2 nitrogen and oxygen atoms in total. The van der Waals surface area contributed by atoms with Gasteiger partial charge in [0.25, 0.3) is 0 Å². The number of rotatable bonds is 3. The summed E-state index contributed by atoms with van der Waals surface area (Å²) in [6.07, 6.45) is 0. The zero-order valence-electron chi connectivity index (χ0n) is 9.70. The van der Waals surface area contributed by atoms with Gasteiger partial charge in [-0.1, -0.05) is 18.2 Å². The van der Waals surface area contributed by atoms with Crippen LogP contribution in [-0.4, -0.2) is 0 Å². The van der Waals surface area contributed by atoms with Crippen LogP contribution in [0.1, 0.15) is 11.6 Å². The second-order valence-corrected chi connectivity index (χ2v) is 3.87. The maximum absolute atomic E-state index is 13.1. The van der Waals surface area contributed by atoms with E-state index in [1.165, 1.54) is 0 Å². The molecule has 0 aliphatic heterocycles. The van der Waals surface area contributed by atoms with Crippen molar-refractivity contribution >= 4 is 5.69 Å². The number of para-hydroxylation sites is 1. The monoisotopic (exact) mass is 262 g/mol. The lowest BCUT2D eigenvalue weighted by molar-refractivity contribution is 0.445. The Morgan fingerprint density at radius 1 is 1.00 bits per heavy atom. The van der Waals surface area contributed by atoms with Crippen molar-refractivity contribution in [1.29, 1.82) is 5.26 Å². The summed E-state index contributed by atoms with van der Waals surface area (Å²) in [6, 6.07) is 11.2. The van der Waals surface area contributed by atoms with E-state index in [1.54, 1.807) is 30.3 Å². The number of nitrogens with zero attached hydrogens (tertiary/aromatic N) is 1. The minimum absolute atomic E-state index is 0.0303. The van der Waals surface area contributed by atoms with Gasteiger partial charge < -0.3 is 5.32 Å². The molecule has 0 aliphatic carbocycles. The molecule has 96 valence electrons. The zero-order chi connectivity index (χ0) is 13.8. The van der Waals surface area contributed by atoms with Crippen LogP contribution in [0.5, 0.6) is 0 Å². The highest BCUT2D eigenvalue weighted by molar-refractivity contribution is 5.47. The molecule has 2 aromatic rings. The average molecular weight is 262 g/mol. The molecule has 0 saturated carbocycles. The van der Waals surface area contributed by atoms with Crippen molar-refractivity contribution in [2.75, 3.05) is 5.32 Å². The lowest BCUT2D eigenvalue weighted by Crippen LogP contribution is -2.10. The van der Waals surface area contributed by atoms with Crippen LogP contribution in [0, 0.1) is 28.8 Å². The molecule has 0 radical (unpaired) electrons. The quantitative estimate of drug-likeness (QED) is 0.854. The first-order valence-electron chi connectivity index (χ1n) is 5.47. The fraction of sp³-hybridized carbons (Fsp3) is 0.0714. The van der Waals surface area contributed by atoms with E-state index < -0.39 is 23.5 Å². The Morgan fingerprint density at radius 2 is 1.58 bits per heavy atom. The van der Waals surface area contributed by atoms with Crippen LogP contribution in [0.25, 0.3) is 0 Å². The average Bonchev–Trinajstić information content (AvgIpc) is 2.42. The van der Waals surface area contributed by atoms with E-state index >= 15 is 0 Å². The van der Waals surface area contributed by atoms with E-state index in [0.29, 0.717) is 5.69 Å². The van der Waals surface area contributed by atoms with Gasteiger partial charge in [-0.25, -0.2) is 13.2 Å². The van der Waals surface area contributed by atoms with Gasteiger partial charge in [0.2, 0.25) is 0 Å². The van der Waals surface area contributed by atoms with Crippen molar-refractivity contribution < 1.29 is 13.2 Å². The van der Waals surface area contributed by atoms with Crippen LogP contribution in [0.3, 0.4) is 0 Å². The highest BCUT2D eigenvalue weighted by Gasteiger charge is 2.17. The number of nitrogens with one attached hydrogen (secondary N) is 1. The lowest BCUT2D eigenvalue weighted by Gasteiger charge is -2.13. The first kappa shape index (κ1) is 13.0. The smallest absolute Gasteiger partial charge is 0.194 e. The number of halogens is 3. The molecule has 2 rings (SSSR count). The Balaban J connectivity index is 2.31. The van der Waals surface area contributed by atoms with Crippen LogP contribution in [-0.2, 0) is 0 Å². The summed E-state index contributed by atoms with van der Waals surface area (Å²) in [5.74, 6) is -4.17. The molecular weight excluding hydrogens is 253 g/mol. The topological polar surface area (TPSA) is 35.8 Å². The Morgan fingerprint density at radius 3 is 2.11 bits per heavy atom. The normalized spacial score (nSPS) is 11.7. The molecule has 0 fully saturated rings. The van der Waals surface area contributed by atoms with E-state index in [9.17, 15) is 13.2 Å². The molecule has 1 atom stereocenters. The minimum Gasteiger partial charge on any atom is -0.366 e. The predicted octanol–water partition coefficient (Wildman–Crippen LogP) is 3.78. The maximum atomic E-state index is 13.1. The Kier molecular flexibility index (Phi) is 3.71. The number of anilines is 1. The zero-order valence-corrected chi connectivity index (χ0v) is 9.70. The Bertz CT molecular complexity index is 597. The molecule has 0 amide bonds. The summed E-state index contributed by atoms with van der Waals surface area (Å²) in [5, 5.41) is 11.8. The highest BCUT2D eigenvalue weighted by atomic mass is 19.2. The van der Waals surface area contributed by atoms with Gasteiger partial charge in [-0.3, -0.25) is 0 Å². The van der Waals surface area contributed by atoms with Crippen molar-refractivity contribution in [3.63, 3.8) is 0 Å². The molecule has 0 aromatic heterocycles. The van der Waals surface area contributed by atoms with Crippen LogP contribution in [0.15, 0.2) is 42.5 Å². The third-order valence-electron chi connectivity index (χ3n) is 2.55. The van der Waals surface area contributed by atoms with Crippen LogP contribution in [0.4, 0.5) is 18.9 Å². The number of hydrogen-bond acceptors (Lipinski definition) is 2. The molecule has 0 aliphatic rings. The highest BCUT2D eigenvalue weighted by Crippen LogP contribution is 2.22. The van der Waals surface area contributed by atoms with Crippen molar-refractivity contribution in [3.8, 4) is 6.07 Å². The van der Waals surface area contributed by atoms with Crippen molar-refractivity contribution in [2.24, 2.45) is 0 Å². The molecular formula is C14H9F3N2. The van der Waals surface area contributed by atoms with Crippen molar-refractivity contribution in [3.05, 3.63) is 65.5 Å². The molecule has 0 heterocycles. The third kappa shape index (κ3) is 2.86. The summed E-state index contributed by atoms with van der Waals surface area (Å²) in [7, 11) is 0. The number of nitriles is 1. The second-order valence-electron chi connectivity index (χ2n) is 3.87. The SMILES string of the molecule is N#CC(Nc1ccccc1)c1cc(F)c(F)c(F)c1. The predicted molar refractivity (Wildman–Crippen MR) is 64.7 cm³/mol. The largest absolute Gasteiger partial charge is 0.366 e. The van der Waals surface area contributed by atoms with Gasteiger partial charge in [-0.15, -0.1) is 0 Å². The number of hydrogen-bond donors (Lipinski definition) is 1. The summed E-state index contributed by atoms with van der Waals surface area (Å²) in [6.45, 7) is 0. The molecule has 19 heavy (non-hydrogen) atoms. The Labute approximate surface area is 108 Å². The third-order valence-corrected chi connectivity index (χ3v) is 2.55. The van der Waals surface area contributed by atoms with Crippen LogP contribution in [0.2, 0.25) is 0 Å². The number of benzene rings is 2. The van der Waals surface area contributed by atoms with Crippen molar-refractivity contribution in [1.82, 2.24) is 0 Å². The molecule has 0 bridgehead atoms. The van der Waals surface area contributed by atoms with E-state index in [2.05, 4.69) is 5.32 Å². The fourth-order valence-electron chi connectivity index (χ4n) is 1.63. The fourth-order valence-corrected chi connectivity index (χ4v) is 1.63. The molecule has 0 saturated heterocycles. The van der Waals surface area contributed by atoms with Gasteiger partial charge >= 0.3 is 0 Å². The first-order valence-corrected chi connectivity index (χ1v) is 5.47. The summed E-state index contributed by atoms with van der Waals surface area (Å²) in [4.78, 5) is 0. The molecule has 0 spiro atoms. The van der Waals surface area contributed by atoms with Gasteiger partial charge in [0.05, 0.1) is 6.07 Å². The van der Waals surface area contributed by atoms with E-state index in [1.807, 2.05) is 6.07 Å². The summed E-state index contributed by atoms with van der Waals surface area (Å²) in [5.41, 5.74) is 0.655. The van der Waals surface area contributed by atoms with Gasteiger partial charge in [-0.2, -0.15) is 5.26 Å². The van der Waals surface area contributed by atoms with E-state index in [4.69, 9.17) is 5.26 Å². The van der Waals surface area contributed by atoms with Gasteiger partial charge in [0, 0.05) is 5.69 Å². The van der Waals surface area contributed by atoms with Gasteiger partial charge in [0.1, 0.15) is 6.04 Å². The van der Waals surface area contributed by atoms with Crippen molar-refractivity contribution in [2.45, 2.75) is 6.04 Å². The van der Waals surface area contributed by atoms with Gasteiger partial charge in [0.15, 0.2) is 17.5 Å². The standard InChI is InChI=1S/C14H9F3N2/c15-11-6-9(7-12(16)14(11)17)13(8-18)19-10-4-2-1-3-5-10/h1-7,13,19H. The molecule has 1 N–H and O–H groups in total. The van der Waals surface area contributed by atoms with E-state index in [0.717, 1.165) is 12.1 Å². The Hall–Kier alpha value is -2.48. The molecule has 1 unspecified atom stereocenters. The van der Waals surface area contributed by atoms with Crippen LogP contribution < -0.4 is 5.32 Å². The molecule has 5 heteroatoms. The summed E-state index contributed by atoms with van der Waals surface area (Å²) < 4.78 is 39.1. The first-order chi connectivity index (χ1) is 9.11. The second kappa shape index (κ2) is 5.44. The maximum Gasteiger partial charge on any atom is 0.194 e. The van der Waals surface area contributed by atoms with Crippen LogP contribution >= 0.6 is 0 Å². The summed E-state index contributed by atoms with van der Waals surface area (Å²) >= 11 is 0. The van der Waals surface area contributed by atoms with Gasteiger partial charge in [-0.05, 0) is 29.8 Å². The lowest BCUT2D eigenvalue weighted by atomic mass is 10.1. The van der Waals surface area contributed by atoms with E-state index in [-0.39, 0.29) is 5.56 Å². The molecule has 2 aromatic carbocycles. The minimum atomic E-state index is -1.54.